The number of anilines is 1. The molecule has 0 aliphatic heterocycles. The Morgan fingerprint density at radius 2 is 2.46 bits per heavy atom. The van der Waals surface area contributed by atoms with Gasteiger partial charge in [-0.15, -0.1) is 0 Å². The van der Waals surface area contributed by atoms with Gasteiger partial charge in [-0.1, -0.05) is 0 Å². The van der Waals surface area contributed by atoms with Gasteiger partial charge in [-0.25, -0.2) is 9.97 Å². The van der Waals surface area contributed by atoms with Crippen LogP contribution in [-0.4, -0.2) is 25.3 Å². The number of aromatic amines is 1. The number of H-pyrrole nitrogens is 1. The van der Waals surface area contributed by atoms with Gasteiger partial charge in [0.2, 0.25) is 0 Å². The minimum Gasteiger partial charge on any atom is -0.376 e. The summed E-state index contributed by atoms with van der Waals surface area (Å²) in [5.41, 5.74) is 6.70. The molecule has 0 amide bonds. The van der Waals surface area contributed by atoms with Crippen molar-refractivity contribution in [2.75, 3.05) is 5.32 Å². The number of nitrogens with one attached hydrogen (secondary N) is 2. The van der Waals surface area contributed by atoms with Crippen LogP contribution in [-0.2, 0) is 0 Å². The molecule has 2 aromatic rings. The molecule has 0 fully saturated rings. The molecule has 13 heavy (non-hydrogen) atoms. The average molecular weight is 194 g/mol. The fourth-order valence-corrected chi connectivity index (χ4v) is 1.07. The van der Waals surface area contributed by atoms with Crippen molar-refractivity contribution in [3.63, 3.8) is 0 Å². The SMILES string of the molecule is NC(=S)Nc1n[nH]c2cncnc12. The van der Waals surface area contributed by atoms with Crippen LogP contribution in [0.25, 0.3) is 11.0 Å². The van der Waals surface area contributed by atoms with Crippen LogP contribution in [0.1, 0.15) is 0 Å². The molecular weight excluding hydrogens is 188 g/mol. The summed E-state index contributed by atoms with van der Waals surface area (Å²) < 4.78 is 0. The van der Waals surface area contributed by atoms with Crippen LogP contribution < -0.4 is 11.1 Å². The summed E-state index contributed by atoms with van der Waals surface area (Å²) in [6.07, 6.45) is 3.06. The molecule has 0 bridgehead atoms. The van der Waals surface area contributed by atoms with Crippen LogP contribution >= 0.6 is 12.2 Å². The van der Waals surface area contributed by atoms with Crippen LogP contribution in [0.2, 0.25) is 0 Å². The van der Waals surface area contributed by atoms with Crippen molar-refractivity contribution in [3.8, 4) is 0 Å². The Labute approximate surface area is 78.6 Å². The van der Waals surface area contributed by atoms with Crippen molar-refractivity contribution in [1.29, 1.82) is 0 Å². The van der Waals surface area contributed by atoms with E-state index in [0.717, 1.165) is 5.52 Å². The normalized spacial score (nSPS) is 10.2. The lowest BCUT2D eigenvalue weighted by Crippen LogP contribution is -2.19. The molecule has 2 aromatic heterocycles. The van der Waals surface area contributed by atoms with Gasteiger partial charge in [0.05, 0.1) is 6.20 Å². The molecule has 66 valence electrons. The predicted octanol–water partition coefficient (Wildman–Crippen LogP) is 0.00840. The lowest BCUT2D eigenvalue weighted by atomic mass is 10.4. The van der Waals surface area contributed by atoms with Crippen LogP contribution in [0.4, 0.5) is 5.82 Å². The van der Waals surface area contributed by atoms with Crippen molar-refractivity contribution in [3.05, 3.63) is 12.5 Å². The molecule has 0 spiro atoms. The Morgan fingerprint density at radius 1 is 1.62 bits per heavy atom. The van der Waals surface area contributed by atoms with E-state index in [9.17, 15) is 0 Å². The van der Waals surface area contributed by atoms with Gasteiger partial charge in [-0.2, -0.15) is 5.10 Å². The Hall–Kier alpha value is -1.76. The van der Waals surface area contributed by atoms with E-state index >= 15 is 0 Å². The number of rotatable bonds is 1. The summed E-state index contributed by atoms with van der Waals surface area (Å²) >= 11 is 4.68. The van der Waals surface area contributed by atoms with Gasteiger partial charge < -0.3 is 11.1 Å². The number of aromatic nitrogens is 4. The summed E-state index contributed by atoms with van der Waals surface area (Å²) in [6.45, 7) is 0. The number of thiocarbonyl (C=S) groups is 1. The molecule has 6 nitrogen and oxygen atoms in total. The highest BCUT2D eigenvalue weighted by Crippen LogP contribution is 2.14. The van der Waals surface area contributed by atoms with Gasteiger partial charge in [0, 0.05) is 0 Å². The van der Waals surface area contributed by atoms with Crippen LogP contribution in [0.3, 0.4) is 0 Å². The van der Waals surface area contributed by atoms with Gasteiger partial charge in [-0.05, 0) is 12.2 Å². The fraction of sp³-hybridized carbons (Fsp3) is 0. The van der Waals surface area contributed by atoms with Crippen LogP contribution in [0, 0.1) is 0 Å². The molecule has 2 rings (SSSR count). The second-order valence-corrected chi connectivity index (χ2v) is 2.79. The third-order valence-corrected chi connectivity index (χ3v) is 1.57. The highest BCUT2D eigenvalue weighted by Gasteiger charge is 2.05. The zero-order chi connectivity index (χ0) is 9.26. The minimum atomic E-state index is 0.159. The van der Waals surface area contributed by atoms with Crippen LogP contribution in [0.15, 0.2) is 12.5 Å². The van der Waals surface area contributed by atoms with E-state index in [1.807, 2.05) is 0 Å². The Morgan fingerprint density at radius 3 is 3.23 bits per heavy atom. The van der Waals surface area contributed by atoms with E-state index in [4.69, 9.17) is 5.73 Å². The predicted molar refractivity (Wildman–Crippen MR) is 52.1 cm³/mol. The molecular formula is C6H6N6S. The molecule has 7 heteroatoms. The standard InChI is InChI=1S/C6H6N6S/c7-6(13)10-5-4-3(11-12-5)1-8-2-9-4/h1-2H,(H4,7,10,11,12,13). The second kappa shape index (κ2) is 2.94. The van der Waals surface area contributed by atoms with Gasteiger partial charge in [-0.3, -0.25) is 5.10 Å². The summed E-state index contributed by atoms with van der Waals surface area (Å²) in [7, 11) is 0. The summed E-state index contributed by atoms with van der Waals surface area (Å²) in [5, 5.41) is 9.53. The Kier molecular flexibility index (Phi) is 1.78. The van der Waals surface area contributed by atoms with Crippen LogP contribution in [0.5, 0.6) is 0 Å². The van der Waals surface area contributed by atoms with E-state index in [1.165, 1.54) is 6.33 Å². The zero-order valence-corrected chi connectivity index (χ0v) is 7.30. The quantitative estimate of drug-likeness (QED) is 0.554. The third-order valence-electron chi connectivity index (χ3n) is 1.47. The summed E-state index contributed by atoms with van der Waals surface area (Å²) in [6, 6.07) is 0. The highest BCUT2D eigenvalue weighted by atomic mass is 32.1. The topological polar surface area (TPSA) is 92.5 Å². The van der Waals surface area contributed by atoms with Gasteiger partial charge in [0.25, 0.3) is 0 Å². The molecule has 0 saturated heterocycles. The van der Waals surface area contributed by atoms with Gasteiger partial charge in [0.15, 0.2) is 10.9 Å². The first-order valence-corrected chi connectivity index (χ1v) is 3.89. The number of fused-ring (bicyclic) bond motifs is 1. The molecule has 4 N–H and O–H groups in total. The lowest BCUT2D eigenvalue weighted by Gasteiger charge is -1.96. The molecule has 0 radical (unpaired) electrons. The largest absolute Gasteiger partial charge is 0.376 e. The molecule has 0 unspecified atom stereocenters. The molecule has 0 atom stereocenters. The molecule has 0 aliphatic carbocycles. The second-order valence-electron chi connectivity index (χ2n) is 2.35. The monoisotopic (exact) mass is 194 g/mol. The van der Waals surface area contributed by atoms with Crippen molar-refractivity contribution in [1.82, 2.24) is 20.2 Å². The molecule has 0 saturated carbocycles. The molecule has 0 aliphatic rings. The Bertz CT molecular complexity index is 449. The summed E-state index contributed by atoms with van der Waals surface area (Å²) in [5.74, 6) is 0.518. The van der Waals surface area contributed by atoms with E-state index in [0.29, 0.717) is 11.3 Å². The maximum absolute atomic E-state index is 5.30. The van der Waals surface area contributed by atoms with Crippen molar-refractivity contribution < 1.29 is 0 Å². The molecule has 0 aromatic carbocycles. The zero-order valence-electron chi connectivity index (χ0n) is 6.48. The van der Waals surface area contributed by atoms with E-state index < -0.39 is 0 Å². The Balaban J connectivity index is 2.51. The average Bonchev–Trinajstić information content (AvgIpc) is 2.48. The first-order chi connectivity index (χ1) is 6.27. The number of hydrogen-bond donors (Lipinski definition) is 3. The van der Waals surface area contributed by atoms with E-state index in [-0.39, 0.29) is 5.11 Å². The summed E-state index contributed by atoms with van der Waals surface area (Å²) in [4.78, 5) is 7.84. The maximum Gasteiger partial charge on any atom is 0.180 e. The number of nitrogens with zero attached hydrogens (tertiary/aromatic N) is 3. The third kappa shape index (κ3) is 1.41. The van der Waals surface area contributed by atoms with Crippen molar-refractivity contribution >= 4 is 34.2 Å². The number of nitrogens with two attached hydrogens (primary N) is 1. The first kappa shape index (κ1) is 7.87. The van der Waals surface area contributed by atoms with E-state index in [2.05, 4.69) is 37.7 Å². The smallest absolute Gasteiger partial charge is 0.180 e. The minimum absolute atomic E-state index is 0.159. The maximum atomic E-state index is 5.30. The van der Waals surface area contributed by atoms with E-state index in [1.54, 1.807) is 6.20 Å². The van der Waals surface area contributed by atoms with Crippen molar-refractivity contribution in [2.45, 2.75) is 0 Å². The van der Waals surface area contributed by atoms with Gasteiger partial charge in [0.1, 0.15) is 17.4 Å². The highest BCUT2D eigenvalue weighted by molar-refractivity contribution is 7.80. The van der Waals surface area contributed by atoms with Crippen molar-refractivity contribution in [2.24, 2.45) is 5.73 Å². The van der Waals surface area contributed by atoms with Gasteiger partial charge >= 0.3 is 0 Å². The first-order valence-electron chi connectivity index (χ1n) is 3.48. The number of hydrogen-bond acceptors (Lipinski definition) is 4. The lowest BCUT2D eigenvalue weighted by molar-refractivity contribution is 1.12. The molecule has 2 heterocycles. The fourth-order valence-electron chi connectivity index (χ4n) is 0.973.